The van der Waals surface area contributed by atoms with E-state index in [1.54, 1.807) is 19.1 Å². The lowest BCUT2D eigenvalue weighted by molar-refractivity contribution is -0.125. The molecule has 28 heavy (non-hydrogen) atoms. The zero-order valence-electron chi connectivity index (χ0n) is 15.1. The molecule has 146 valence electrons. The second-order valence-electron chi connectivity index (χ2n) is 6.17. The number of carbonyl (C=O) groups is 1. The van der Waals surface area contributed by atoms with Crippen molar-refractivity contribution in [3.63, 3.8) is 0 Å². The van der Waals surface area contributed by atoms with Gasteiger partial charge in [0.25, 0.3) is 0 Å². The van der Waals surface area contributed by atoms with Crippen molar-refractivity contribution >= 4 is 5.91 Å². The fourth-order valence-electron chi connectivity index (χ4n) is 2.79. The molecular formula is C19H19F2N5O2. The molecule has 0 aliphatic carbocycles. The van der Waals surface area contributed by atoms with Crippen LogP contribution in [0.2, 0.25) is 0 Å². The molecule has 1 aromatic heterocycles. The first kappa shape index (κ1) is 19.4. The number of hydrogen-bond donors (Lipinski definition) is 1. The van der Waals surface area contributed by atoms with Crippen molar-refractivity contribution in [1.29, 1.82) is 0 Å². The smallest absolute Gasteiger partial charge is 0.387 e. The number of nitrogens with one attached hydrogen (secondary N) is 1. The summed E-state index contributed by atoms with van der Waals surface area (Å²) in [5.41, 5.74) is 1.73. The first-order chi connectivity index (χ1) is 13.5. The van der Waals surface area contributed by atoms with Crippen LogP contribution in [0.15, 0.2) is 60.9 Å². The van der Waals surface area contributed by atoms with Crippen LogP contribution in [0.4, 0.5) is 8.78 Å². The Balaban J connectivity index is 1.70. The minimum absolute atomic E-state index is 0.0629. The highest BCUT2D eigenvalue weighted by Crippen LogP contribution is 2.21. The van der Waals surface area contributed by atoms with E-state index in [1.807, 2.05) is 30.3 Å². The second kappa shape index (κ2) is 9.03. The first-order valence-corrected chi connectivity index (χ1v) is 8.64. The number of tetrazole rings is 1. The van der Waals surface area contributed by atoms with E-state index >= 15 is 0 Å². The molecular weight excluding hydrogens is 368 g/mol. The van der Waals surface area contributed by atoms with Crippen molar-refractivity contribution in [3.8, 4) is 5.75 Å². The van der Waals surface area contributed by atoms with Crippen molar-refractivity contribution in [1.82, 2.24) is 25.5 Å². The van der Waals surface area contributed by atoms with Gasteiger partial charge in [-0.2, -0.15) is 8.78 Å². The summed E-state index contributed by atoms with van der Waals surface area (Å²) in [6, 6.07) is 14.7. The Kier molecular flexibility index (Phi) is 6.25. The van der Waals surface area contributed by atoms with Crippen LogP contribution in [0.25, 0.3) is 0 Å². The van der Waals surface area contributed by atoms with Crippen LogP contribution in [0.5, 0.6) is 5.75 Å². The van der Waals surface area contributed by atoms with Gasteiger partial charge in [-0.05, 0) is 40.6 Å². The zero-order chi connectivity index (χ0) is 19.9. The van der Waals surface area contributed by atoms with Gasteiger partial charge in [-0.1, -0.05) is 42.5 Å². The maximum absolute atomic E-state index is 12.9. The molecule has 2 aromatic carbocycles. The highest BCUT2D eigenvalue weighted by atomic mass is 19.3. The molecule has 7 nitrogen and oxygen atoms in total. The van der Waals surface area contributed by atoms with Crippen molar-refractivity contribution in [2.45, 2.75) is 32.0 Å². The van der Waals surface area contributed by atoms with E-state index in [-0.39, 0.29) is 17.7 Å². The second-order valence-corrected chi connectivity index (χ2v) is 6.17. The first-order valence-electron chi connectivity index (χ1n) is 8.64. The standard InChI is InChI=1S/C19H19F2N5O2/c1-13(15-7-9-16(10-8-15)28-19(20)21)23-18(27)17(26-12-22-24-25-26)11-14-5-3-2-4-6-14/h2-10,12-13,17,19H,11H2,1H3,(H,23,27). The van der Waals surface area contributed by atoms with Gasteiger partial charge in [0.15, 0.2) is 0 Å². The topological polar surface area (TPSA) is 81.9 Å². The molecule has 0 aliphatic rings. The Morgan fingerprint density at radius 1 is 1.14 bits per heavy atom. The number of carbonyl (C=O) groups excluding carboxylic acids is 1. The molecule has 0 fully saturated rings. The van der Waals surface area contributed by atoms with Crippen molar-refractivity contribution in [3.05, 3.63) is 72.1 Å². The molecule has 9 heteroatoms. The Morgan fingerprint density at radius 2 is 1.86 bits per heavy atom. The molecule has 1 heterocycles. The summed E-state index contributed by atoms with van der Waals surface area (Å²) in [4.78, 5) is 12.9. The van der Waals surface area contributed by atoms with Gasteiger partial charge in [-0.3, -0.25) is 4.79 Å². The number of rotatable bonds is 8. The molecule has 1 N–H and O–H groups in total. The summed E-state index contributed by atoms with van der Waals surface area (Å²) in [7, 11) is 0. The summed E-state index contributed by atoms with van der Waals surface area (Å²) in [6.07, 6.45) is 1.82. The monoisotopic (exact) mass is 387 g/mol. The van der Waals surface area contributed by atoms with Gasteiger partial charge >= 0.3 is 6.61 Å². The molecule has 1 amide bonds. The van der Waals surface area contributed by atoms with Crippen LogP contribution in [0, 0.1) is 0 Å². The lowest BCUT2D eigenvalue weighted by Crippen LogP contribution is -2.35. The lowest BCUT2D eigenvalue weighted by atomic mass is 10.0. The average Bonchev–Trinajstić information content (AvgIpc) is 3.21. The fourth-order valence-corrected chi connectivity index (χ4v) is 2.79. The van der Waals surface area contributed by atoms with E-state index in [0.29, 0.717) is 6.42 Å². The Bertz CT molecular complexity index is 873. The third-order valence-electron chi connectivity index (χ3n) is 4.22. The van der Waals surface area contributed by atoms with E-state index in [9.17, 15) is 13.6 Å². The number of alkyl halides is 2. The number of benzene rings is 2. The maximum atomic E-state index is 12.9. The molecule has 3 rings (SSSR count). The van der Waals surface area contributed by atoms with Gasteiger partial charge < -0.3 is 10.1 Å². The Labute approximate surface area is 160 Å². The number of nitrogens with zero attached hydrogens (tertiary/aromatic N) is 4. The van der Waals surface area contributed by atoms with Crippen LogP contribution in [-0.2, 0) is 11.2 Å². The molecule has 0 spiro atoms. The number of aromatic nitrogens is 4. The van der Waals surface area contributed by atoms with E-state index in [0.717, 1.165) is 11.1 Å². The van der Waals surface area contributed by atoms with Gasteiger partial charge in [0.1, 0.15) is 18.1 Å². The largest absolute Gasteiger partial charge is 0.435 e. The average molecular weight is 387 g/mol. The molecule has 0 radical (unpaired) electrons. The molecule has 0 saturated heterocycles. The van der Waals surface area contributed by atoms with Crippen LogP contribution in [0.1, 0.15) is 30.1 Å². The summed E-state index contributed by atoms with van der Waals surface area (Å²) in [5.74, 6) is -0.190. The minimum atomic E-state index is -2.88. The highest BCUT2D eigenvalue weighted by Gasteiger charge is 2.24. The lowest BCUT2D eigenvalue weighted by Gasteiger charge is -2.20. The SMILES string of the molecule is CC(NC(=O)C(Cc1ccccc1)n1cnnn1)c1ccc(OC(F)F)cc1. The zero-order valence-corrected chi connectivity index (χ0v) is 15.1. The maximum Gasteiger partial charge on any atom is 0.387 e. The van der Waals surface area contributed by atoms with E-state index in [2.05, 4.69) is 25.6 Å². The number of amides is 1. The number of halogens is 2. The number of ether oxygens (including phenoxy) is 1. The summed E-state index contributed by atoms with van der Waals surface area (Å²) in [6.45, 7) is -1.07. The molecule has 0 bridgehead atoms. The van der Waals surface area contributed by atoms with Crippen molar-refractivity contribution < 1.29 is 18.3 Å². The van der Waals surface area contributed by atoms with Crippen LogP contribution < -0.4 is 10.1 Å². The van der Waals surface area contributed by atoms with Crippen molar-refractivity contribution in [2.75, 3.05) is 0 Å². The third kappa shape index (κ3) is 5.09. The van der Waals surface area contributed by atoms with Crippen LogP contribution in [0.3, 0.4) is 0 Å². The van der Waals surface area contributed by atoms with Crippen LogP contribution in [-0.4, -0.2) is 32.7 Å². The highest BCUT2D eigenvalue weighted by molar-refractivity contribution is 5.80. The third-order valence-corrected chi connectivity index (χ3v) is 4.22. The van der Waals surface area contributed by atoms with Crippen LogP contribution >= 0.6 is 0 Å². The van der Waals surface area contributed by atoms with E-state index in [4.69, 9.17) is 0 Å². The minimum Gasteiger partial charge on any atom is -0.435 e. The van der Waals surface area contributed by atoms with E-state index < -0.39 is 12.7 Å². The molecule has 2 atom stereocenters. The van der Waals surface area contributed by atoms with Gasteiger partial charge in [0, 0.05) is 6.42 Å². The quantitative estimate of drug-likeness (QED) is 0.643. The summed E-state index contributed by atoms with van der Waals surface area (Å²) >= 11 is 0. The predicted molar refractivity (Wildman–Crippen MR) is 96.6 cm³/mol. The van der Waals surface area contributed by atoms with Crippen molar-refractivity contribution in [2.24, 2.45) is 0 Å². The summed E-state index contributed by atoms with van der Waals surface area (Å²) in [5, 5.41) is 14.0. The van der Waals surface area contributed by atoms with Gasteiger partial charge in [-0.25, -0.2) is 4.68 Å². The molecule has 0 saturated carbocycles. The number of hydrogen-bond acceptors (Lipinski definition) is 5. The van der Waals surface area contributed by atoms with Gasteiger partial charge in [0.05, 0.1) is 6.04 Å². The predicted octanol–water partition coefficient (Wildman–Crippen LogP) is 2.94. The fraction of sp³-hybridized carbons (Fsp3) is 0.263. The molecule has 0 aliphatic heterocycles. The molecule has 3 aromatic rings. The van der Waals surface area contributed by atoms with E-state index in [1.165, 1.54) is 23.1 Å². The van der Waals surface area contributed by atoms with Gasteiger partial charge in [0.2, 0.25) is 5.91 Å². The Hall–Kier alpha value is -3.36. The normalized spacial score (nSPS) is 13.1. The Morgan fingerprint density at radius 3 is 2.46 bits per heavy atom. The molecule has 2 unspecified atom stereocenters. The van der Waals surface area contributed by atoms with Gasteiger partial charge in [-0.15, -0.1) is 5.10 Å². The summed E-state index contributed by atoms with van der Waals surface area (Å²) < 4.78 is 30.3.